The summed E-state index contributed by atoms with van der Waals surface area (Å²) in [6.45, 7) is 8.69. The molecule has 1 aromatic heterocycles. The molecule has 1 fully saturated rings. The van der Waals surface area contributed by atoms with Crippen LogP contribution in [0.15, 0.2) is 0 Å². The third-order valence-corrected chi connectivity index (χ3v) is 5.08. The number of aromatic nitrogens is 3. The van der Waals surface area contributed by atoms with E-state index >= 15 is 0 Å². The molecule has 0 aliphatic carbocycles. The van der Waals surface area contributed by atoms with E-state index < -0.39 is 17.7 Å². The number of carbonyl (C=O) groups is 2. The number of ether oxygens (including phenoxy) is 1. The van der Waals surface area contributed by atoms with Gasteiger partial charge in [-0.1, -0.05) is 6.42 Å². The van der Waals surface area contributed by atoms with E-state index in [1.54, 1.807) is 27.7 Å². The van der Waals surface area contributed by atoms with Crippen LogP contribution in [0.25, 0.3) is 0 Å². The van der Waals surface area contributed by atoms with Crippen molar-refractivity contribution >= 4 is 12.0 Å². The molecule has 0 bridgehead atoms. The maximum Gasteiger partial charge on any atom is 0.408 e. The summed E-state index contributed by atoms with van der Waals surface area (Å²) in [5.41, 5.74) is -0.595. The number of carbonyl (C=O) groups excluding carboxylic acids is 2. The smallest absolute Gasteiger partial charge is 0.408 e. The molecule has 8 nitrogen and oxygen atoms in total. The fourth-order valence-corrected chi connectivity index (χ4v) is 3.85. The van der Waals surface area contributed by atoms with Crippen molar-refractivity contribution in [2.75, 3.05) is 6.54 Å². The van der Waals surface area contributed by atoms with Gasteiger partial charge in [-0.05, 0) is 53.4 Å². The zero-order chi connectivity index (χ0) is 19.6. The first-order valence-corrected chi connectivity index (χ1v) is 9.98. The normalized spacial score (nSPS) is 21.3. The lowest BCUT2D eigenvalue weighted by atomic mass is 10.2. The predicted molar refractivity (Wildman–Crippen MR) is 100 cm³/mol. The lowest BCUT2D eigenvalue weighted by Crippen LogP contribution is -2.48. The van der Waals surface area contributed by atoms with Crippen molar-refractivity contribution in [1.82, 2.24) is 25.0 Å². The Kier molecular flexibility index (Phi) is 5.72. The van der Waals surface area contributed by atoms with Crippen LogP contribution < -0.4 is 5.32 Å². The molecule has 2 atom stereocenters. The van der Waals surface area contributed by atoms with Crippen LogP contribution in [0, 0.1) is 0 Å². The maximum absolute atomic E-state index is 13.0. The average molecular weight is 377 g/mol. The number of likely N-dealkylation sites (tertiary alicyclic amines) is 1. The van der Waals surface area contributed by atoms with Gasteiger partial charge in [0, 0.05) is 19.5 Å². The summed E-state index contributed by atoms with van der Waals surface area (Å²) in [6.07, 6.45) is 5.64. The number of alkyl carbamates (subject to hydrolysis) is 1. The van der Waals surface area contributed by atoms with Gasteiger partial charge in [-0.15, -0.1) is 10.2 Å². The van der Waals surface area contributed by atoms with Crippen molar-refractivity contribution in [2.45, 2.75) is 90.4 Å². The number of nitrogens with one attached hydrogen (secondary N) is 1. The zero-order valence-corrected chi connectivity index (χ0v) is 16.8. The minimum atomic E-state index is -0.646. The third-order valence-electron chi connectivity index (χ3n) is 5.08. The Morgan fingerprint density at radius 1 is 1.15 bits per heavy atom. The van der Waals surface area contributed by atoms with Crippen LogP contribution in [-0.2, 0) is 22.5 Å². The standard InChI is InChI=1S/C19H31N5O3/c1-13(20-18(26)27-19(2,3)4)17(25)23-12-8-9-14(23)16-22-21-15-10-6-5-7-11-24(15)16/h13-14H,5-12H2,1-4H3,(H,20,26). The van der Waals surface area contributed by atoms with Gasteiger partial charge in [0.2, 0.25) is 5.91 Å². The summed E-state index contributed by atoms with van der Waals surface area (Å²) in [6, 6.07) is -0.716. The molecule has 8 heteroatoms. The summed E-state index contributed by atoms with van der Waals surface area (Å²) in [5, 5.41) is 11.5. The maximum atomic E-state index is 13.0. The second-order valence-electron chi connectivity index (χ2n) is 8.49. The molecule has 0 saturated carbocycles. The van der Waals surface area contributed by atoms with Crippen LogP contribution in [0.3, 0.4) is 0 Å². The second-order valence-corrected chi connectivity index (χ2v) is 8.49. The summed E-state index contributed by atoms with van der Waals surface area (Å²) >= 11 is 0. The second kappa shape index (κ2) is 7.86. The van der Waals surface area contributed by atoms with E-state index in [1.165, 1.54) is 6.42 Å². The molecule has 3 rings (SSSR count). The van der Waals surface area contributed by atoms with Crippen molar-refractivity contribution in [3.05, 3.63) is 11.6 Å². The van der Waals surface area contributed by atoms with Crippen LogP contribution in [0.5, 0.6) is 0 Å². The third kappa shape index (κ3) is 4.59. The average Bonchev–Trinajstić information content (AvgIpc) is 3.13. The quantitative estimate of drug-likeness (QED) is 0.874. The van der Waals surface area contributed by atoms with Gasteiger partial charge in [0.1, 0.15) is 17.5 Å². The summed E-state index contributed by atoms with van der Waals surface area (Å²) in [5.74, 6) is 1.82. The molecular weight excluding hydrogens is 346 g/mol. The number of fused-ring (bicyclic) bond motifs is 1. The van der Waals surface area contributed by atoms with E-state index in [1.807, 2.05) is 4.90 Å². The van der Waals surface area contributed by atoms with Crippen molar-refractivity contribution < 1.29 is 14.3 Å². The first-order chi connectivity index (χ1) is 12.8. The fourth-order valence-electron chi connectivity index (χ4n) is 3.85. The Labute approximate surface area is 160 Å². The Morgan fingerprint density at radius 2 is 1.93 bits per heavy atom. The van der Waals surface area contributed by atoms with Crippen LogP contribution in [0.2, 0.25) is 0 Å². The summed E-state index contributed by atoms with van der Waals surface area (Å²) in [7, 11) is 0. The highest BCUT2D eigenvalue weighted by atomic mass is 16.6. The molecule has 2 unspecified atom stereocenters. The molecule has 150 valence electrons. The highest BCUT2D eigenvalue weighted by molar-refractivity contribution is 5.85. The topological polar surface area (TPSA) is 89.3 Å². The summed E-state index contributed by atoms with van der Waals surface area (Å²) in [4.78, 5) is 26.8. The van der Waals surface area contributed by atoms with Crippen molar-refractivity contribution in [3.63, 3.8) is 0 Å². The summed E-state index contributed by atoms with van der Waals surface area (Å²) < 4.78 is 7.46. The van der Waals surface area contributed by atoms with Crippen LogP contribution >= 0.6 is 0 Å². The van der Waals surface area contributed by atoms with Crippen molar-refractivity contribution in [2.24, 2.45) is 0 Å². The minimum absolute atomic E-state index is 0.0697. The number of rotatable bonds is 3. The zero-order valence-electron chi connectivity index (χ0n) is 16.8. The lowest BCUT2D eigenvalue weighted by molar-refractivity contribution is -0.134. The van der Waals surface area contributed by atoms with Gasteiger partial charge in [0.25, 0.3) is 0 Å². The van der Waals surface area contributed by atoms with Gasteiger partial charge in [-0.25, -0.2) is 4.79 Å². The van der Waals surface area contributed by atoms with Gasteiger partial charge in [0.15, 0.2) is 5.82 Å². The first kappa shape index (κ1) is 19.6. The predicted octanol–water partition coefficient (Wildman–Crippen LogP) is 2.58. The molecule has 2 aliphatic rings. The Hall–Kier alpha value is -2.12. The number of hydrogen-bond donors (Lipinski definition) is 1. The van der Waals surface area contributed by atoms with E-state index in [0.717, 1.165) is 50.3 Å². The molecule has 0 spiro atoms. The molecule has 0 radical (unpaired) electrons. The van der Waals surface area contributed by atoms with Crippen LogP contribution in [-0.4, -0.2) is 49.9 Å². The van der Waals surface area contributed by atoms with Crippen LogP contribution in [0.4, 0.5) is 4.79 Å². The number of aryl methyl sites for hydroxylation is 1. The molecule has 1 N–H and O–H groups in total. The van der Waals surface area contributed by atoms with Crippen LogP contribution in [0.1, 0.15) is 77.5 Å². The Bertz CT molecular complexity index is 694. The fraction of sp³-hybridized carbons (Fsp3) is 0.789. The Morgan fingerprint density at radius 3 is 2.67 bits per heavy atom. The molecule has 1 saturated heterocycles. The highest BCUT2D eigenvalue weighted by Gasteiger charge is 2.36. The van der Waals surface area contributed by atoms with E-state index in [-0.39, 0.29) is 11.9 Å². The van der Waals surface area contributed by atoms with E-state index in [2.05, 4.69) is 20.1 Å². The minimum Gasteiger partial charge on any atom is -0.444 e. The van der Waals surface area contributed by atoms with E-state index in [9.17, 15) is 9.59 Å². The van der Waals surface area contributed by atoms with Gasteiger partial charge < -0.3 is 19.5 Å². The molecule has 0 aromatic carbocycles. The van der Waals surface area contributed by atoms with E-state index in [4.69, 9.17) is 4.74 Å². The molecule has 2 aliphatic heterocycles. The monoisotopic (exact) mass is 377 g/mol. The van der Waals surface area contributed by atoms with Crippen molar-refractivity contribution in [3.8, 4) is 0 Å². The first-order valence-electron chi connectivity index (χ1n) is 9.98. The van der Waals surface area contributed by atoms with Gasteiger partial charge >= 0.3 is 6.09 Å². The number of amides is 2. The lowest BCUT2D eigenvalue weighted by Gasteiger charge is -2.28. The highest BCUT2D eigenvalue weighted by Crippen LogP contribution is 2.32. The largest absolute Gasteiger partial charge is 0.444 e. The molecular formula is C19H31N5O3. The number of hydrogen-bond acceptors (Lipinski definition) is 5. The Balaban J connectivity index is 1.70. The van der Waals surface area contributed by atoms with Crippen molar-refractivity contribution in [1.29, 1.82) is 0 Å². The molecule has 1 aromatic rings. The van der Waals surface area contributed by atoms with Gasteiger partial charge in [-0.2, -0.15) is 0 Å². The molecule has 27 heavy (non-hydrogen) atoms. The molecule has 2 amide bonds. The number of nitrogens with zero attached hydrogens (tertiary/aromatic N) is 4. The van der Waals surface area contributed by atoms with E-state index in [0.29, 0.717) is 6.54 Å². The SMILES string of the molecule is CC(NC(=O)OC(C)(C)C)C(=O)N1CCCC1c1nnc2n1CCCCC2. The molecule has 3 heterocycles. The van der Waals surface area contributed by atoms with Gasteiger partial charge in [0.05, 0.1) is 6.04 Å². The van der Waals surface area contributed by atoms with Gasteiger partial charge in [-0.3, -0.25) is 4.79 Å².